The SMILES string of the molecule is Cn1c(C(=O)N2CCN(Cc3ccc(OCC(F)(F)F)cc3)CC2)c(Oc2ccc(NS(=O)(=O)c3cccc(Br)c3)cn2)c2ccccc21. The van der Waals surface area contributed by atoms with E-state index in [4.69, 9.17) is 9.47 Å². The zero-order valence-corrected chi connectivity index (χ0v) is 28.6. The molecule has 10 nitrogen and oxygen atoms in total. The maximum absolute atomic E-state index is 14.0. The molecule has 1 aliphatic heterocycles. The summed E-state index contributed by atoms with van der Waals surface area (Å²) in [5, 5.41) is 0.718. The number of amides is 1. The Hall–Kier alpha value is -4.60. The van der Waals surface area contributed by atoms with Crippen LogP contribution in [-0.4, -0.2) is 72.6 Å². The first-order chi connectivity index (χ1) is 23.4. The number of fused-ring (bicyclic) bond motifs is 1. The Kier molecular flexibility index (Phi) is 9.86. The number of pyridine rings is 1. The Morgan fingerprint density at radius 1 is 0.959 bits per heavy atom. The van der Waals surface area contributed by atoms with E-state index in [1.54, 1.807) is 40.8 Å². The molecule has 2 aromatic heterocycles. The third-order valence-corrected chi connectivity index (χ3v) is 9.83. The van der Waals surface area contributed by atoms with Crippen LogP contribution in [0.1, 0.15) is 16.1 Å². The molecule has 0 atom stereocenters. The van der Waals surface area contributed by atoms with Gasteiger partial charge in [0.05, 0.1) is 22.3 Å². The summed E-state index contributed by atoms with van der Waals surface area (Å²) < 4.78 is 79.0. The number of anilines is 1. The van der Waals surface area contributed by atoms with Gasteiger partial charge in [0.15, 0.2) is 18.1 Å². The number of sulfonamides is 1. The predicted molar refractivity (Wildman–Crippen MR) is 181 cm³/mol. The van der Waals surface area contributed by atoms with E-state index in [0.29, 0.717) is 48.6 Å². The van der Waals surface area contributed by atoms with Crippen LogP contribution in [0, 0.1) is 0 Å². The number of alkyl halides is 3. The fraction of sp³-hybridized carbons (Fsp3) is 0.235. The summed E-state index contributed by atoms with van der Waals surface area (Å²) in [6.45, 7) is 1.33. The van der Waals surface area contributed by atoms with Crippen LogP contribution in [0.5, 0.6) is 17.4 Å². The Morgan fingerprint density at radius 2 is 1.69 bits per heavy atom. The van der Waals surface area contributed by atoms with Crippen molar-refractivity contribution in [2.75, 3.05) is 37.5 Å². The van der Waals surface area contributed by atoms with E-state index in [2.05, 4.69) is 30.5 Å². The summed E-state index contributed by atoms with van der Waals surface area (Å²) in [4.78, 5) is 22.4. The van der Waals surface area contributed by atoms with E-state index in [9.17, 15) is 26.4 Å². The van der Waals surface area contributed by atoms with Crippen LogP contribution in [0.4, 0.5) is 18.9 Å². The van der Waals surface area contributed by atoms with Gasteiger partial charge in [0.25, 0.3) is 15.9 Å². The van der Waals surface area contributed by atoms with Crippen molar-refractivity contribution >= 4 is 48.5 Å². The van der Waals surface area contributed by atoms with Crippen LogP contribution in [0.3, 0.4) is 0 Å². The van der Waals surface area contributed by atoms with Gasteiger partial charge in [-0.15, -0.1) is 0 Å². The first-order valence-electron chi connectivity index (χ1n) is 15.2. The number of para-hydroxylation sites is 1. The lowest BCUT2D eigenvalue weighted by Gasteiger charge is -2.35. The highest BCUT2D eigenvalue weighted by atomic mass is 79.9. The lowest BCUT2D eigenvalue weighted by Crippen LogP contribution is -2.48. The van der Waals surface area contributed by atoms with E-state index in [1.165, 1.54) is 42.6 Å². The van der Waals surface area contributed by atoms with Crippen LogP contribution >= 0.6 is 15.9 Å². The molecule has 5 aromatic rings. The van der Waals surface area contributed by atoms with Crippen molar-refractivity contribution in [1.82, 2.24) is 19.4 Å². The van der Waals surface area contributed by atoms with Gasteiger partial charge in [0.1, 0.15) is 5.75 Å². The number of piperazine rings is 1. The fourth-order valence-electron chi connectivity index (χ4n) is 5.53. The Labute approximate surface area is 289 Å². The molecule has 0 spiro atoms. The topological polar surface area (TPSA) is 106 Å². The van der Waals surface area contributed by atoms with Crippen molar-refractivity contribution in [2.45, 2.75) is 17.6 Å². The summed E-state index contributed by atoms with van der Waals surface area (Å²) in [6.07, 6.45) is -3.05. The molecule has 15 heteroatoms. The lowest BCUT2D eigenvalue weighted by molar-refractivity contribution is -0.153. The van der Waals surface area contributed by atoms with E-state index in [-0.39, 0.29) is 28.1 Å². The second-order valence-electron chi connectivity index (χ2n) is 11.4. The van der Waals surface area contributed by atoms with Gasteiger partial charge in [-0.25, -0.2) is 13.4 Å². The number of aromatic nitrogens is 2. The number of carbonyl (C=O) groups excluding carboxylic acids is 1. The van der Waals surface area contributed by atoms with Crippen molar-refractivity contribution < 1.29 is 35.9 Å². The molecule has 0 radical (unpaired) electrons. The van der Waals surface area contributed by atoms with Gasteiger partial charge in [0, 0.05) is 55.7 Å². The number of hydrogen-bond donors (Lipinski definition) is 1. The van der Waals surface area contributed by atoms with Gasteiger partial charge >= 0.3 is 6.18 Å². The highest BCUT2D eigenvalue weighted by Gasteiger charge is 2.30. The van der Waals surface area contributed by atoms with Crippen molar-refractivity contribution in [1.29, 1.82) is 0 Å². The monoisotopic (exact) mass is 757 g/mol. The predicted octanol–water partition coefficient (Wildman–Crippen LogP) is 6.83. The van der Waals surface area contributed by atoms with Gasteiger partial charge in [-0.3, -0.25) is 14.4 Å². The molecule has 1 fully saturated rings. The van der Waals surface area contributed by atoms with Gasteiger partial charge in [-0.1, -0.05) is 46.3 Å². The molecule has 1 N–H and O–H groups in total. The minimum Gasteiger partial charge on any atom is -0.484 e. The van der Waals surface area contributed by atoms with E-state index in [1.807, 2.05) is 24.3 Å². The number of benzene rings is 3. The summed E-state index contributed by atoms with van der Waals surface area (Å²) in [5.74, 6) is 0.457. The van der Waals surface area contributed by atoms with Crippen LogP contribution in [0.25, 0.3) is 10.9 Å². The first kappa shape index (κ1) is 34.3. The molecule has 3 heterocycles. The minimum absolute atomic E-state index is 0.0917. The molecule has 0 aliphatic carbocycles. The van der Waals surface area contributed by atoms with Crippen LogP contribution < -0.4 is 14.2 Å². The molecular weight excluding hydrogens is 727 g/mol. The van der Waals surface area contributed by atoms with Crippen molar-refractivity contribution in [3.63, 3.8) is 0 Å². The van der Waals surface area contributed by atoms with Crippen LogP contribution in [-0.2, 0) is 23.6 Å². The summed E-state index contributed by atoms with van der Waals surface area (Å²) in [5.41, 5.74) is 2.30. The number of halogens is 4. The molecule has 0 unspecified atom stereocenters. The highest BCUT2D eigenvalue weighted by molar-refractivity contribution is 9.10. The second kappa shape index (κ2) is 14.1. The normalized spacial score (nSPS) is 14.2. The summed E-state index contributed by atoms with van der Waals surface area (Å²) in [6, 6.07) is 23.4. The molecule has 1 aliphatic rings. The first-order valence-corrected chi connectivity index (χ1v) is 17.4. The minimum atomic E-state index is -4.40. The molecular formula is C34H31BrF3N5O5S. The Morgan fingerprint density at radius 3 is 2.37 bits per heavy atom. The van der Waals surface area contributed by atoms with Crippen LogP contribution in [0.15, 0.2) is 100 Å². The highest BCUT2D eigenvalue weighted by Crippen LogP contribution is 2.36. The van der Waals surface area contributed by atoms with Gasteiger partial charge in [0.2, 0.25) is 5.88 Å². The maximum atomic E-state index is 14.0. The number of aryl methyl sites for hydroxylation is 1. The molecule has 3 aromatic carbocycles. The van der Waals surface area contributed by atoms with E-state index >= 15 is 0 Å². The van der Waals surface area contributed by atoms with Crippen molar-refractivity contribution in [3.05, 3.63) is 107 Å². The number of nitrogens with zero attached hydrogens (tertiary/aromatic N) is 4. The van der Waals surface area contributed by atoms with E-state index < -0.39 is 22.8 Å². The maximum Gasteiger partial charge on any atom is 0.422 e. The number of nitrogens with one attached hydrogen (secondary N) is 1. The quantitative estimate of drug-likeness (QED) is 0.167. The zero-order chi connectivity index (χ0) is 34.8. The van der Waals surface area contributed by atoms with Crippen molar-refractivity contribution in [3.8, 4) is 17.4 Å². The molecule has 1 saturated heterocycles. The Bertz CT molecular complexity index is 2070. The molecule has 49 heavy (non-hydrogen) atoms. The molecule has 0 bridgehead atoms. The van der Waals surface area contributed by atoms with Gasteiger partial charge in [-0.2, -0.15) is 13.2 Å². The smallest absolute Gasteiger partial charge is 0.422 e. The third kappa shape index (κ3) is 8.17. The number of carbonyl (C=O) groups is 1. The number of rotatable bonds is 10. The number of hydrogen-bond acceptors (Lipinski definition) is 7. The third-order valence-electron chi connectivity index (χ3n) is 7.96. The van der Waals surface area contributed by atoms with E-state index in [0.717, 1.165) is 16.5 Å². The molecule has 256 valence electrons. The zero-order valence-electron chi connectivity index (χ0n) is 26.2. The lowest BCUT2D eigenvalue weighted by atomic mass is 10.2. The average molecular weight is 759 g/mol. The van der Waals surface area contributed by atoms with Gasteiger partial charge in [-0.05, 0) is 54.1 Å². The van der Waals surface area contributed by atoms with Gasteiger partial charge < -0.3 is 18.9 Å². The molecule has 1 amide bonds. The van der Waals surface area contributed by atoms with Crippen LogP contribution in [0.2, 0.25) is 0 Å². The molecule has 6 rings (SSSR count). The molecule has 0 saturated carbocycles. The largest absolute Gasteiger partial charge is 0.484 e. The second-order valence-corrected chi connectivity index (χ2v) is 14.0. The average Bonchev–Trinajstić information content (AvgIpc) is 3.35. The fourth-order valence-corrected chi connectivity index (χ4v) is 7.17. The standard InChI is InChI=1S/C34H31BrF3N5O5S/c1-41-29-8-3-2-7-28(29)32(48-30-14-11-25(20-39-30)40-49(45,46)27-6-4-5-24(35)19-27)31(41)33(44)43-17-15-42(16-18-43)21-23-9-12-26(13-10-23)47-22-34(36,37)38/h2-14,19-20,40H,15-18,21-22H2,1H3. The van der Waals surface area contributed by atoms with Crippen molar-refractivity contribution in [2.24, 2.45) is 7.05 Å². The Balaban J connectivity index is 1.13. The summed E-state index contributed by atoms with van der Waals surface area (Å²) in [7, 11) is -2.05. The summed E-state index contributed by atoms with van der Waals surface area (Å²) >= 11 is 3.29. The number of ether oxygens (including phenoxy) is 2.